The average Bonchev–Trinajstić information content (AvgIpc) is 0.918. The Morgan fingerprint density at radius 2 is 1.50 bits per heavy atom. The van der Waals surface area contributed by atoms with Crippen LogP contribution in [-0.4, -0.2) is 37.4 Å². The van der Waals surface area contributed by atoms with E-state index in [9.17, 15) is 0 Å². The molecule has 0 aromatic rings. The maximum atomic E-state index is 7.32. The van der Waals surface area contributed by atoms with Crippen LogP contribution in [0.2, 0.25) is 0 Å². The summed E-state index contributed by atoms with van der Waals surface area (Å²) in [5.41, 5.74) is 0. The van der Waals surface area contributed by atoms with Gasteiger partial charge in [-0.05, 0) is 5.97 Å². The van der Waals surface area contributed by atoms with E-state index in [-0.39, 0.29) is 61.4 Å². The Labute approximate surface area is 79.7 Å². The number of rotatable bonds is 0. The molecular formula is CH4BClNNaZn. The third-order valence-corrected chi connectivity index (χ3v) is 0. The summed E-state index contributed by atoms with van der Waals surface area (Å²) in [6, 6.07) is 0. The van der Waals surface area contributed by atoms with E-state index in [1.807, 2.05) is 0 Å². The van der Waals surface area contributed by atoms with Gasteiger partial charge in [-0.25, -0.2) is 5.26 Å². The molecule has 0 fully saturated rings. The summed E-state index contributed by atoms with van der Waals surface area (Å²) in [5.74, 6) is 1.75. The van der Waals surface area contributed by atoms with Gasteiger partial charge >= 0.3 is 29.6 Å². The largest absolute Gasteiger partial charge is 0 e. The van der Waals surface area contributed by atoms with Crippen molar-refractivity contribution < 1.29 is 19.5 Å². The first kappa shape index (κ1) is 26.0. The number of halogens is 1. The van der Waals surface area contributed by atoms with Crippen molar-refractivity contribution in [3.05, 3.63) is 0 Å². The average molecular weight is 165 g/mol. The van der Waals surface area contributed by atoms with Gasteiger partial charge in [0.15, 0.2) is 0 Å². The Hall–Kier alpha value is 1.47. The van der Waals surface area contributed by atoms with E-state index in [0.29, 0.717) is 0 Å². The van der Waals surface area contributed by atoms with E-state index in [0.717, 1.165) is 0 Å². The molecule has 0 heterocycles. The first-order chi connectivity index (χ1) is 1.41. The summed E-state index contributed by atoms with van der Waals surface area (Å²) in [7, 11) is 1.43. The first-order valence-corrected chi connectivity index (χ1v) is 0.724. The van der Waals surface area contributed by atoms with Gasteiger partial charge in [-0.15, -0.1) is 12.4 Å². The predicted octanol–water partition coefficient (Wildman–Crippen LogP) is -1.13. The van der Waals surface area contributed by atoms with Crippen LogP contribution in [0.3, 0.4) is 0 Å². The molecule has 0 aromatic carbocycles. The summed E-state index contributed by atoms with van der Waals surface area (Å²) < 4.78 is 0. The molecule has 0 aliphatic carbocycles. The van der Waals surface area contributed by atoms with Gasteiger partial charge in [-0.2, -0.15) is 0 Å². The van der Waals surface area contributed by atoms with Crippen LogP contribution in [0.5, 0.6) is 0 Å². The predicted molar refractivity (Wildman–Crippen MR) is 28.6 cm³/mol. The molecule has 5 heteroatoms. The molecule has 1 nitrogen and oxygen atoms in total. The Kier molecular flexibility index (Phi) is 137. The van der Waals surface area contributed by atoms with Gasteiger partial charge in [-0.1, -0.05) is 0 Å². The standard InChI is InChI=1S/CH2BN.ClH.Na.Zn.H/c2-1-3;;;;/h2H2;1H;;;. The van der Waals surface area contributed by atoms with Crippen LogP contribution < -0.4 is 0 Å². The van der Waals surface area contributed by atoms with Crippen molar-refractivity contribution in [2.75, 3.05) is 0 Å². The molecule has 0 bridgehead atoms. The van der Waals surface area contributed by atoms with E-state index >= 15 is 0 Å². The quantitative estimate of drug-likeness (QED) is 0.416. The maximum Gasteiger partial charge on any atom is 0 e. The van der Waals surface area contributed by atoms with E-state index in [4.69, 9.17) is 5.26 Å². The van der Waals surface area contributed by atoms with E-state index in [1.165, 1.54) is 7.85 Å². The summed E-state index contributed by atoms with van der Waals surface area (Å²) in [5, 5.41) is 7.32. The fourth-order valence-electron chi connectivity index (χ4n) is 0. The minimum Gasteiger partial charge on any atom is 0 e. The Balaban J connectivity index is -0.00000000667. The fourth-order valence-corrected chi connectivity index (χ4v) is 0. The molecule has 0 amide bonds. The molecule has 0 radical (unpaired) electrons. The van der Waals surface area contributed by atoms with Gasteiger partial charge in [0, 0.05) is 19.5 Å². The first-order valence-electron chi connectivity index (χ1n) is 0.724. The second-order valence-corrected chi connectivity index (χ2v) is 0.224. The SMILES string of the molecule is BC#N.Cl.[NaH].[Zn]. The minimum atomic E-state index is 0. The molecule has 0 saturated heterocycles. The van der Waals surface area contributed by atoms with Crippen LogP contribution in [0.25, 0.3) is 0 Å². The van der Waals surface area contributed by atoms with Crippen molar-refractivity contribution in [2.45, 2.75) is 0 Å². The minimum absolute atomic E-state index is 0. The van der Waals surface area contributed by atoms with Crippen molar-refractivity contribution in [1.82, 2.24) is 0 Å². The molecular weight excluding hydrogens is 161 g/mol. The smallest absolute Gasteiger partial charge is 0 e. The van der Waals surface area contributed by atoms with Crippen LogP contribution in [0.4, 0.5) is 0 Å². The van der Waals surface area contributed by atoms with Crippen LogP contribution in [0, 0.1) is 11.2 Å². The zero-order chi connectivity index (χ0) is 2.71. The van der Waals surface area contributed by atoms with Crippen molar-refractivity contribution >= 4 is 49.8 Å². The summed E-state index contributed by atoms with van der Waals surface area (Å²) in [6.07, 6.45) is 0. The zero-order valence-corrected chi connectivity index (χ0v) is 6.85. The monoisotopic (exact) mass is 163 g/mol. The topological polar surface area (TPSA) is 23.8 Å². The van der Waals surface area contributed by atoms with E-state index < -0.39 is 0 Å². The maximum absolute atomic E-state index is 7.32. The molecule has 0 spiro atoms. The normalized spacial score (nSPS) is 1.17. The molecule has 0 rings (SSSR count). The summed E-state index contributed by atoms with van der Waals surface area (Å²) >= 11 is 0. The molecule has 0 aliphatic rings. The summed E-state index contributed by atoms with van der Waals surface area (Å²) in [6.45, 7) is 0. The molecule has 0 unspecified atom stereocenters. The molecule has 6 heavy (non-hydrogen) atoms. The van der Waals surface area contributed by atoms with Crippen molar-refractivity contribution in [2.24, 2.45) is 0 Å². The van der Waals surface area contributed by atoms with Crippen molar-refractivity contribution in [3.8, 4) is 5.97 Å². The van der Waals surface area contributed by atoms with Crippen molar-refractivity contribution in [1.29, 1.82) is 5.26 Å². The van der Waals surface area contributed by atoms with Gasteiger partial charge in [0.25, 0.3) is 0 Å². The Bertz CT molecular complexity index is 37.0. The Morgan fingerprint density at radius 1 is 1.50 bits per heavy atom. The van der Waals surface area contributed by atoms with Crippen LogP contribution in [0.1, 0.15) is 0 Å². The molecule has 0 aromatic heterocycles. The molecule has 0 aliphatic heterocycles. The molecule has 0 saturated carbocycles. The van der Waals surface area contributed by atoms with E-state index in [2.05, 4.69) is 0 Å². The summed E-state index contributed by atoms with van der Waals surface area (Å²) in [4.78, 5) is 0. The Morgan fingerprint density at radius 3 is 1.50 bits per heavy atom. The second kappa shape index (κ2) is 31.7. The van der Waals surface area contributed by atoms with Gasteiger partial charge in [-0.3, -0.25) is 0 Å². The van der Waals surface area contributed by atoms with Gasteiger partial charge < -0.3 is 0 Å². The van der Waals surface area contributed by atoms with Gasteiger partial charge in [0.1, 0.15) is 0 Å². The van der Waals surface area contributed by atoms with E-state index in [1.54, 1.807) is 5.97 Å². The van der Waals surface area contributed by atoms with Crippen LogP contribution >= 0.6 is 12.4 Å². The number of hydrogen-bond donors (Lipinski definition) is 0. The van der Waals surface area contributed by atoms with Crippen molar-refractivity contribution in [3.63, 3.8) is 0 Å². The van der Waals surface area contributed by atoms with Gasteiger partial charge in [0.2, 0.25) is 7.85 Å². The van der Waals surface area contributed by atoms with Gasteiger partial charge in [0.05, 0.1) is 0 Å². The third-order valence-electron chi connectivity index (χ3n) is 0. The van der Waals surface area contributed by atoms with Crippen LogP contribution in [-0.2, 0) is 19.5 Å². The second-order valence-electron chi connectivity index (χ2n) is 0.224. The molecule has 26 valence electrons. The van der Waals surface area contributed by atoms with Crippen LogP contribution in [0.15, 0.2) is 0 Å². The number of nitriles is 1. The molecule has 0 atom stereocenters. The fraction of sp³-hybridized carbons (Fsp3) is 0. The number of nitrogens with zero attached hydrogens (tertiary/aromatic N) is 1. The molecule has 0 N–H and O–H groups in total. The number of hydrogen-bond acceptors (Lipinski definition) is 1. The third kappa shape index (κ3) is 50.6. The zero-order valence-electron chi connectivity index (χ0n) is 3.06.